The lowest BCUT2D eigenvalue weighted by Gasteiger charge is -2.34. The van der Waals surface area contributed by atoms with E-state index < -0.39 is 0 Å². The van der Waals surface area contributed by atoms with Gasteiger partial charge in [0.25, 0.3) is 0 Å². The Labute approximate surface area is 76.9 Å². The smallest absolute Gasteiger partial charge is 0.109 e. The second kappa shape index (κ2) is 3.19. The van der Waals surface area contributed by atoms with Gasteiger partial charge in [-0.3, -0.25) is 0 Å². The van der Waals surface area contributed by atoms with E-state index in [0.29, 0.717) is 0 Å². The van der Waals surface area contributed by atoms with Crippen molar-refractivity contribution >= 4 is 21.6 Å². The number of quaternary nitrogens is 1. The Morgan fingerprint density at radius 2 is 1.64 bits per heavy atom. The lowest BCUT2D eigenvalue weighted by molar-refractivity contribution is -0.916. The van der Waals surface area contributed by atoms with Crippen LogP contribution in [0.1, 0.15) is 12.8 Å². The van der Waals surface area contributed by atoms with E-state index in [0.717, 1.165) is 6.04 Å². The van der Waals surface area contributed by atoms with Crippen molar-refractivity contribution in [3.8, 4) is 0 Å². The topological polar surface area (TPSA) is 0 Å². The Morgan fingerprint density at radius 1 is 1.09 bits per heavy atom. The summed E-state index contributed by atoms with van der Waals surface area (Å²) in [6, 6.07) is 0.965. The van der Waals surface area contributed by atoms with E-state index in [-0.39, 0.29) is 0 Å². The number of hydrogen-bond donors (Lipinski definition) is 0. The van der Waals surface area contributed by atoms with Crippen molar-refractivity contribution in [1.29, 1.82) is 0 Å². The van der Waals surface area contributed by atoms with E-state index >= 15 is 0 Å². The molecule has 0 saturated carbocycles. The zero-order valence-corrected chi connectivity index (χ0v) is 8.72. The SMILES string of the molecule is C[N+]1(C2CSSC2)CCCC1. The molecule has 0 amide bonds. The summed E-state index contributed by atoms with van der Waals surface area (Å²) in [5.41, 5.74) is 0. The van der Waals surface area contributed by atoms with Crippen LogP contribution in [0.4, 0.5) is 0 Å². The molecule has 1 nitrogen and oxygen atoms in total. The molecule has 0 aromatic carbocycles. The second-order valence-electron chi connectivity index (χ2n) is 3.86. The molecule has 0 aromatic heterocycles. The molecule has 11 heavy (non-hydrogen) atoms. The first kappa shape index (κ1) is 8.27. The molecule has 2 aliphatic heterocycles. The fraction of sp³-hybridized carbons (Fsp3) is 1.00. The number of hydrogen-bond acceptors (Lipinski definition) is 2. The molecule has 3 heteroatoms. The van der Waals surface area contributed by atoms with Crippen LogP contribution in [0.2, 0.25) is 0 Å². The molecule has 2 fully saturated rings. The molecule has 64 valence electrons. The summed E-state index contributed by atoms with van der Waals surface area (Å²) < 4.78 is 1.38. The van der Waals surface area contributed by atoms with Crippen LogP contribution in [0.15, 0.2) is 0 Å². The van der Waals surface area contributed by atoms with Crippen LogP contribution in [0.3, 0.4) is 0 Å². The van der Waals surface area contributed by atoms with Crippen LogP contribution in [0, 0.1) is 0 Å². The minimum Gasteiger partial charge on any atom is -0.322 e. The molecule has 2 rings (SSSR count). The Balaban J connectivity index is 2.00. The van der Waals surface area contributed by atoms with Crippen LogP contribution in [0.25, 0.3) is 0 Å². The Bertz CT molecular complexity index is 137. The van der Waals surface area contributed by atoms with Crippen LogP contribution >= 0.6 is 21.6 Å². The Morgan fingerprint density at radius 3 is 2.18 bits per heavy atom. The highest BCUT2D eigenvalue weighted by atomic mass is 33.1. The van der Waals surface area contributed by atoms with Gasteiger partial charge in [-0.1, -0.05) is 21.6 Å². The summed E-state index contributed by atoms with van der Waals surface area (Å²) in [6.07, 6.45) is 2.92. The summed E-state index contributed by atoms with van der Waals surface area (Å²) in [6.45, 7) is 2.87. The fourth-order valence-electron chi connectivity index (χ4n) is 2.08. The largest absolute Gasteiger partial charge is 0.322 e. The maximum absolute atomic E-state index is 2.45. The fourth-order valence-corrected chi connectivity index (χ4v) is 5.22. The molecule has 2 saturated heterocycles. The van der Waals surface area contributed by atoms with Gasteiger partial charge in [-0.25, -0.2) is 0 Å². The highest BCUT2D eigenvalue weighted by Crippen LogP contribution is 2.37. The van der Waals surface area contributed by atoms with Gasteiger partial charge in [-0.05, 0) is 0 Å². The molecule has 0 radical (unpaired) electrons. The van der Waals surface area contributed by atoms with Crippen LogP contribution in [-0.4, -0.2) is 42.2 Å². The van der Waals surface area contributed by atoms with E-state index in [1.807, 2.05) is 0 Å². The van der Waals surface area contributed by atoms with Crippen molar-refractivity contribution in [1.82, 2.24) is 0 Å². The molecule has 0 aromatic rings. The molecule has 0 atom stereocenters. The third-order valence-corrected chi connectivity index (χ3v) is 5.60. The quantitative estimate of drug-likeness (QED) is 0.458. The summed E-state index contributed by atoms with van der Waals surface area (Å²) in [5, 5.41) is 0. The van der Waals surface area contributed by atoms with Gasteiger partial charge in [-0.15, -0.1) is 0 Å². The van der Waals surface area contributed by atoms with E-state index in [9.17, 15) is 0 Å². The summed E-state index contributed by atoms with van der Waals surface area (Å²) >= 11 is 0. The summed E-state index contributed by atoms with van der Waals surface area (Å²) in [4.78, 5) is 0. The van der Waals surface area contributed by atoms with Gasteiger partial charge < -0.3 is 4.48 Å². The van der Waals surface area contributed by atoms with Gasteiger partial charge in [-0.2, -0.15) is 0 Å². The lowest BCUT2D eigenvalue weighted by Crippen LogP contribution is -2.51. The average molecular weight is 190 g/mol. The first-order valence-electron chi connectivity index (χ1n) is 4.40. The molecule has 0 spiro atoms. The standard InChI is InChI=1S/C8H16NS2/c1-9(4-2-3-5-9)8-6-10-11-7-8/h8H,2-7H2,1H3/q+1. The zero-order valence-electron chi connectivity index (χ0n) is 7.08. The predicted molar refractivity (Wildman–Crippen MR) is 53.9 cm³/mol. The van der Waals surface area contributed by atoms with Gasteiger partial charge in [0, 0.05) is 12.8 Å². The highest BCUT2D eigenvalue weighted by Gasteiger charge is 2.37. The Hall–Kier alpha value is 0.660. The zero-order chi connectivity index (χ0) is 7.73. The van der Waals surface area contributed by atoms with Crippen molar-refractivity contribution in [2.75, 3.05) is 31.6 Å². The van der Waals surface area contributed by atoms with Crippen molar-refractivity contribution < 1.29 is 4.48 Å². The molecule has 2 aliphatic rings. The van der Waals surface area contributed by atoms with Gasteiger partial charge in [0.1, 0.15) is 6.04 Å². The molecule has 0 bridgehead atoms. The third-order valence-electron chi connectivity index (χ3n) is 3.07. The Kier molecular flexibility index (Phi) is 2.40. The average Bonchev–Trinajstić information content (AvgIpc) is 2.55. The van der Waals surface area contributed by atoms with Crippen molar-refractivity contribution in [3.63, 3.8) is 0 Å². The van der Waals surface area contributed by atoms with Crippen molar-refractivity contribution in [3.05, 3.63) is 0 Å². The molecule has 0 aliphatic carbocycles. The minimum absolute atomic E-state index is 0.965. The van der Waals surface area contributed by atoms with Crippen molar-refractivity contribution in [2.45, 2.75) is 18.9 Å². The second-order valence-corrected chi connectivity index (χ2v) is 6.41. The highest BCUT2D eigenvalue weighted by molar-refractivity contribution is 8.77. The van der Waals surface area contributed by atoms with Crippen LogP contribution in [-0.2, 0) is 0 Å². The van der Waals surface area contributed by atoms with E-state index in [1.54, 1.807) is 0 Å². The number of rotatable bonds is 1. The third kappa shape index (κ3) is 1.56. The normalized spacial score (nSPS) is 31.4. The van der Waals surface area contributed by atoms with Gasteiger partial charge in [0.05, 0.1) is 31.6 Å². The summed E-state index contributed by atoms with van der Waals surface area (Å²) in [7, 11) is 6.59. The maximum Gasteiger partial charge on any atom is 0.109 e. The van der Waals surface area contributed by atoms with Gasteiger partial charge in [0.15, 0.2) is 0 Å². The first-order chi connectivity index (χ1) is 5.31. The lowest BCUT2D eigenvalue weighted by atomic mass is 10.3. The molecule has 0 N–H and O–H groups in total. The number of nitrogens with zero attached hydrogens (tertiary/aromatic N) is 1. The van der Waals surface area contributed by atoms with Crippen molar-refractivity contribution in [2.24, 2.45) is 0 Å². The monoisotopic (exact) mass is 190 g/mol. The van der Waals surface area contributed by atoms with Crippen LogP contribution in [0.5, 0.6) is 0 Å². The molecule has 0 unspecified atom stereocenters. The van der Waals surface area contributed by atoms with E-state index in [1.165, 1.54) is 41.9 Å². The summed E-state index contributed by atoms with van der Waals surface area (Å²) in [5.74, 6) is 2.78. The van der Waals surface area contributed by atoms with Gasteiger partial charge in [0.2, 0.25) is 0 Å². The van der Waals surface area contributed by atoms with E-state index in [4.69, 9.17) is 0 Å². The predicted octanol–water partition coefficient (Wildman–Crippen LogP) is 1.99. The van der Waals surface area contributed by atoms with Gasteiger partial charge >= 0.3 is 0 Å². The first-order valence-corrected chi connectivity index (χ1v) is 6.89. The van der Waals surface area contributed by atoms with Crippen LogP contribution < -0.4 is 0 Å². The number of likely N-dealkylation sites (tertiary alicyclic amines) is 1. The minimum atomic E-state index is 0.965. The van der Waals surface area contributed by atoms with E-state index in [2.05, 4.69) is 28.6 Å². The maximum atomic E-state index is 2.45. The molecular formula is C8H16NS2+. The molecular weight excluding hydrogens is 174 g/mol. The molecule has 2 heterocycles.